The van der Waals surface area contributed by atoms with E-state index in [9.17, 15) is 0 Å². The lowest BCUT2D eigenvalue weighted by molar-refractivity contribution is 0.320. The number of benzene rings is 1. The highest BCUT2D eigenvalue weighted by Crippen LogP contribution is 2.25. The van der Waals surface area contributed by atoms with Crippen LogP contribution in [0.2, 0.25) is 0 Å². The van der Waals surface area contributed by atoms with Crippen LogP contribution in [-0.2, 0) is 18.4 Å². The minimum absolute atomic E-state index is 0.117. The molecule has 0 bridgehead atoms. The number of guanidine groups is 1. The lowest BCUT2D eigenvalue weighted by Crippen LogP contribution is -2.47. The maximum Gasteiger partial charge on any atom is 0.191 e. The zero-order valence-corrected chi connectivity index (χ0v) is 17.6. The van der Waals surface area contributed by atoms with Crippen LogP contribution in [0.15, 0.2) is 29.3 Å². The standard InChI is InChI=1S/C21H32N6O/c1-15-24-19-10-9-17(14-27(19)26-15)25-20(22-5)23-11-12-28-18-8-6-7-16(13-18)21(2,3)4/h6-8,13,17H,9-12,14H2,1-5H3,(H2,22,23,25). The van der Waals surface area contributed by atoms with Gasteiger partial charge in [-0.2, -0.15) is 5.10 Å². The normalized spacial score (nSPS) is 17.2. The Hall–Kier alpha value is -2.57. The average Bonchev–Trinajstić information content (AvgIpc) is 3.03. The van der Waals surface area contributed by atoms with Gasteiger partial charge >= 0.3 is 0 Å². The molecule has 1 aromatic heterocycles. The summed E-state index contributed by atoms with van der Waals surface area (Å²) in [6.45, 7) is 10.6. The van der Waals surface area contributed by atoms with Crippen molar-refractivity contribution in [2.24, 2.45) is 4.99 Å². The number of aromatic nitrogens is 3. The lowest BCUT2D eigenvalue weighted by Gasteiger charge is -2.25. The van der Waals surface area contributed by atoms with Crippen LogP contribution in [-0.4, -0.2) is 47.0 Å². The Kier molecular flexibility index (Phi) is 6.21. The molecule has 1 unspecified atom stereocenters. The Morgan fingerprint density at radius 2 is 2.18 bits per heavy atom. The number of aryl methyl sites for hydroxylation is 2. The molecule has 2 heterocycles. The van der Waals surface area contributed by atoms with E-state index in [1.165, 1.54) is 5.56 Å². The second-order valence-electron chi connectivity index (χ2n) is 8.26. The molecule has 1 aliphatic heterocycles. The van der Waals surface area contributed by atoms with E-state index in [-0.39, 0.29) is 5.41 Å². The third-order valence-electron chi connectivity index (χ3n) is 4.89. The molecule has 0 amide bonds. The van der Waals surface area contributed by atoms with Crippen LogP contribution in [0.3, 0.4) is 0 Å². The van der Waals surface area contributed by atoms with Gasteiger partial charge in [0, 0.05) is 19.5 Å². The Labute approximate surface area is 167 Å². The summed E-state index contributed by atoms with van der Waals surface area (Å²) in [6, 6.07) is 8.61. The lowest BCUT2D eigenvalue weighted by atomic mass is 9.87. The van der Waals surface area contributed by atoms with Crippen LogP contribution < -0.4 is 15.4 Å². The van der Waals surface area contributed by atoms with Gasteiger partial charge in [-0.05, 0) is 36.5 Å². The number of nitrogens with zero attached hydrogens (tertiary/aromatic N) is 4. The fraction of sp³-hybridized carbons (Fsp3) is 0.571. The molecule has 28 heavy (non-hydrogen) atoms. The number of hydrogen-bond donors (Lipinski definition) is 2. The van der Waals surface area contributed by atoms with Crippen LogP contribution in [0.4, 0.5) is 0 Å². The number of ether oxygens (including phenoxy) is 1. The summed E-state index contributed by atoms with van der Waals surface area (Å²) in [5.74, 6) is 3.60. The van der Waals surface area contributed by atoms with E-state index in [2.05, 4.69) is 58.6 Å². The van der Waals surface area contributed by atoms with Crippen LogP contribution >= 0.6 is 0 Å². The summed E-state index contributed by atoms with van der Waals surface area (Å²) < 4.78 is 7.90. The third kappa shape index (κ3) is 5.24. The first kappa shape index (κ1) is 20.2. The van der Waals surface area contributed by atoms with E-state index in [1.807, 2.05) is 23.7 Å². The molecular formula is C21H32N6O. The smallest absolute Gasteiger partial charge is 0.191 e. The molecule has 152 valence electrons. The van der Waals surface area contributed by atoms with Crippen molar-refractivity contribution in [3.63, 3.8) is 0 Å². The SMILES string of the molecule is CN=C(NCCOc1cccc(C(C)(C)C)c1)NC1CCc2nc(C)nn2C1. The molecule has 0 radical (unpaired) electrons. The fourth-order valence-corrected chi connectivity index (χ4v) is 3.33. The van der Waals surface area contributed by atoms with E-state index in [0.717, 1.165) is 42.7 Å². The number of aliphatic imine (C=N–C) groups is 1. The van der Waals surface area contributed by atoms with Crippen molar-refractivity contribution in [1.82, 2.24) is 25.4 Å². The predicted molar refractivity (Wildman–Crippen MR) is 112 cm³/mol. The minimum atomic E-state index is 0.117. The van der Waals surface area contributed by atoms with E-state index in [4.69, 9.17) is 4.74 Å². The van der Waals surface area contributed by atoms with Gasteiger partial charge in [-0.1, -0.05) is 32.9 Å². The molecule has 3 rings (SSSR count). The molecule has 1 aliphatic rings. The number of rotatable bonds is 5. The first-order valence-corrected chi connectivity index (χ1v) is 9.96. The van der Waals surface area contributed by atoms with Crippen LogP contribution in [0.25, 0.3) is 0 Å². The summed E-state index contributed by atoms with van der Waals surface area (Å²) in [5.41, 5.74) is 1.39. The van der Waals surface area contributed by atoms with E-state index in [0.29, 0.717) is 19.2 Å². The molecule has 0 fully saturated rings. The quantitative estimate of drug-likeness (QED) is 0.470. The Morgan fingerprint density at radius 3 is 2.93 bits per heavy atom. The van der Waals surface area contributed by atoms with Crippen LogP contribution in [0.1, 0.15) is 44.4 Å². The minimum Gasteiger partial charge on any atom is -0.492 e. The molecule has 0 saturated carbocycles. The zero-order valence-electron chi connectivity index (χ0n) is 17.6. The van der Waals surface area contributed by atoms with Crippen molar-refractivity contribution in [2.45, 2.75) is 58.5 Å². The van der Waals surface area contributed by atoms with E-state index >= 15 is 0 Å². The van der Waals surface area contributed by atoms with Gasteiger partial charge in [-0.25, -0.2) is 9.67 Å². The summed E-state index contributed by atoms with van der Waals surface area (Å²) >= 11 is 0. The van der Waals surface area contributed by atoms with Crippen molar-refractivity contribution in [3.05, 3.63) is 41.5 Å². The largest absolute Gasteiger partial charge is 0.492 e. The molecule has 0 aliphatic carbocycles. The van der Waals surface area contributed by atoms with Crippen LogP contribution in [0, 0.1) is 6.92 Å². The van der Waals surface area contributed by atoms with Gasteiger partial charge in [0.15, 0.2) is 5.96 Å². The van der Waals surface area contributed by atoms with Gasteiger partial charge in [0.1, 0.15) is 24.0 Å². The van der Waals surface area contributed by atoms with Gasteiger partial charge in [0.05, 0.1) is 13.1 Å². The summed E-state index contributed by atoms with van der Waals surface area (Å²) in [5, 5.41) is 11.3. The topological polar surface area (TPSA) is 76.4 Å². The molecule has 2 aromatic rings. The van der Waals surface area contributed by atoms with Crippen molar-refractivity contribution in [3.8, 4) is 5.75 Å². The summed E-state index contributed by atoms with van der Waals surface area (Å²) in [4.78, 5) is 8.79. The predicted octanol–water partition coefficient (Wildman–Crippen LogP) is 2.44. The Bertz CT molecular complexity index is 821. The highest BCUT2D eigenvalue weighted by atomic mass is 16.5. The Morgan fingerprint density at radius 1 is 1.36 bits per heavy atom. The molecule has 0 saturated heterocycles. The van der Waals surface area contributed by atoms with Gasteiger partial charge < -0.3 is 15.4 Å². The number of hydrogen-bond acceptors (Lipinski definition) is 4. The summed E-state index contributed by atoms with van der Waals surface area (Å²) in [7, 11) is 1.79. The van der Waals surface area contributed by atoms with Gasteiger partial charge in [-0.3, -0.25) is 4.99 Å². The van der Waals surface area contributed by atoms with E-state index in [1.54, 1.807) is 7.05 Å². The molecule has 0 spiro atoms. The molecular weight excluding hydrogens is 352 g/mol. The highest BCUT2D eigenvalue weighted by Gasteiger charge is 2.21. The van der Waals surface area contributed by atoms with Crippen molar-refractivity contribution in [2.75, 3.05) is 20.2 Å². The second kappa shape index (κ2) is 8.63. The second-order valence-corrected chi connectivity index (χ2v) is 8.26. The maximum atomic E-state index is 5.91. The average molecular weight is 385 g/mol. The first-order valence-electron chi connectivity index (χ1n) is 9.96. The monoisotopic (exact) mass is 384 g/mol. The maximum absolute atomic E-state index is 5.91. The van der Waals surface area contributed by atoms with Crippen LogP contribution in [0.5, 0.6) is 5.75 Å². The van der Waals surface area contributed by atoms with Crippen molar-refractivity contribution < 1.29 is 4.74 Å². The van der Waals surface area contributed by atoms with Crippen molar-refractivity contribution in [1.29, 1.82) is 0 Å². The number of nitrogens with one attached hydrogen (secondary N) is 2. The molecule has 7 nitrogen and oxygen atoms in total. The third-order valence-corrected chi connectivity index (χ3v) is 4.89. The first-order chi connectivity index (χ1) is 13.3. The van der Waals surface area contributed by atoms with Gasteiger partial charge in [0.25, 0.3) is 0 Å². The molecule has 1 aromatic carbocycles. The Balaban J connectivity index is 1.44. The van der Waals surface area contributed by atoms with Crippen molar-refractivity contribution >= 4 is 5.96 Å². The van der Waals surface area contributed by atoms with Gasteiger partial charge in [-0.15, -0.1) is 0 Å². The number of fused-ring (bicyclic) bond motifs is 1. The molecule has 2 N–H and O–H groups in total. The summed E-state index contributed by atoms with van der Waals surface area (Å²) in [6.07, 6.45) is 1.96. The fourth-order valence-electron chi connectivity index (χ4n) is 3.33. The zero-order chi connectivity index (χ0) is 20.1. The van der Waals surface area contributed by atoms with E-state index < -0.39 is 0 Å². The molecule has 7 heteroatoms. The molecule has 1 atom stereocenters. The highest BCUT2D eigenvalue weighted by molar-refractivity contribution is 5.79. The van der Waals surface area contributed by atoms with Gasteiger partial charge in [0.2, 0.25) is 0 Å².